The first kappa shape index (κ1) is 23.3. The number of aromatic nitrogens is 3. The fourth-order valence-corrected chi connectivity index (χ4v) is 5.62. The first-order chi connectivity index (χ1) is 17.8. The largest absolute Gasteiger partial charge is 0.382 e. The van der Waals surface area contributed by atoms with Crippen molar-refractivity contribution in [1.82, 2.24) is 19.3 Å². The zero-order valence-corrected chi connectivity index (χ0v) is 21.0. The van der Waals surface area contributed by atoms with Crippen molar-refractivity contribution >= 4 is 17.2 Å². The van der Waals surface area contributed by atoms with E-state index in [9.17, 15) is 9.90 Å². The number of likely N-dealkylation sites (tertiary alicyclic amines) is 1. The number of imidazole rings is 1. The molecule has 1 amide bonds. The smallest absolute Gasteiger partial charge is 0.299 e. The van der Waals surface area contributed by atoms with Crippen LogP contribution in [0.25, 0.3) is 16.8 Å². The number of nitrogens with zero attached hydrogens (tertiary/aromatic N) is 4. The molecule has 1 unspecified atom stereocenters. The van der Waals surface area contributed by atoms with Crippen molar-refractivity contribution in [2.45, 2.75) is 44.8 Å². The number of hydrogen-bond acceptors (Lipinski definition) is 5. The van der Waals surface area contributed by atoms with Gasteiger partial charge in [-0.2, -0.15) is 0 Å². The lowest BCUT2D eigenvalue weighted by Crippen LogP contribution is -2.31. The third-order valence-corrected chi connectivity index (χ3v) is 7.92. The summed E-state index contributed by atoms with van der Waals surface area (Å²) in [6.07, 6.45) is 6.63. The highest BCUT2D eigenvalue weighted by atomic mass is 16.3. The van der Waals surface area contributed by atoms with Gasteiger partial charge >= 0.3 is 0 Å². The summed E-state index contributed by atoms with van der Waals surface area (Å²) < 4.78 is 1.97. The van der Waals surface area contributed by atoms with Gasteiger partial charge in [0.2, 0.25) is 0 Å². The van der Waals surface area contributed by atoms with Crippen LogP contribution in [0, 0.1) is 17.3 Å². The molecule has 1 aliphatic carbocycles. The lowest BCUT2D eigenvalue weighted by atomic mass is 9.87. The zero-order chi connectivity index (χ0) is 25.8. The van der Waals surface area contributed by atoms with Gasteiger partial charge < -0.3 is 15.7 Å². The van der Waals surface area contributed by atoms with Crippen LogP contribution in [0.1, 0.15) is 56.1 Å². The van der Waals surface area contributed by atoms with Crippen molar-refractivity contribution < 1.29 is 9.90 Å². The van der Waals surface area contributed by atoms with Gasteiger partial charge in [0.15, 0.2) is 0 Å². The lowest BCUT2D eigenvalue weighted by molar-refractivity contribution is -0.126. The highest BCUT2D eigenvalue weighted by Crippen LogP contribution is 2.58. The Kier molecular flexibility index (Phi) is 5.32. The van der Waals surface area contributed by atoms with E-state index in [1.165, 1.54) is 0 Å². The highest BCUT2D eigenvalue weighted by Gasteiger charge is 2.54. The molecule has 2 atom stereocenters. The van der Waals surface area contributed by atoms with E-state index in [1.807, 2.05) is 70.1 Å². The monoisotopic (exact) mass is 491 g/mol. The van der Waals surface area contributed by atoms with Gasteiger partial charge in [0.05, 0.1) is 6.04 Å². The second kappa shape index (κ2) is 8.46. The van der Waals surface area contributed by atoms with Crippen molar-refractivity contribution in [1.29, 1.82) is 0 Å². The molecule has 3 heterocycles. The summed E-state index contributed by atoms with van der Waals surface area (Å²) in [5.41, 5.74) is 9.29. The molecule has 37 heavy (non-hydrogen) atoms. The van der Waals surface area contributed by atoms with Crippen LogP contribution in [-0.4, -0.2) is 36.8 Å². The second-order valence-electron chi connectivity index (χ2n) is 10.4. The van der Waals surface area contributed by atoms with E-state index in [2.05, 4.69) is 16.8 Å². The van der Waals surface area contributed by atoms with E-state index in [4.69, 9.17) is 10.7 Å². The van der Waals surface area contributed by atoms with Crippen molar-refractivity contribution in [3.8, 4) is 23.1 Å². The van der Waals surface area contributed by atoms with Gasteiger partial charge in [-0.3, -0.25) is 9.20 Å². The number of hydrogen-bond donors (Lipinski definition) is 2. The van der Waals surface area contributed by atoms with Crippen LogP contribution in [0.15, 0.2) is 67.0 Å². The number of amides is 1. The number of nitrogen functional groups attached to an aromatic ring is 1. The van der Waals surface area contributed by atoms with Crippen LogP contribution in [0.4, 0.5) is 5.82 Å². The molecule has 2 aromatic heterocycles. The average Bonchev–Trinajstić information content (AvgIpc) is 3.38. The summed E-state index contributed by atoms with van der Waals surface area (Å²) in [5, 5.41) is 11.3. The predicted octanol–water partition coefficient (Wildman–Crippen LogP) is 4.31. The fraction of sp³-hybridized carbons (Fsp3) is 0.300. The molecule has 7 heteroatoms. The molecule has 186 valence electrons. The molecular weight excluding hydrogens is 462 g/mol. The SMILES string of the molecule is CC#CC(=O)N1CC2(CC2)C[C@H]1c1nc(-c2ccc(C(C)(O)c3ccccc3)cc2)c2c(N)nccn12. The fourth-order valence-electron chi connectivity index (χ4n) is 5.62. The summed E-state index contributed by atoms with van der Waals surface area (Å²) in [6.45, 7) is 4.19. The van der Waals surface area contributed by atoms with Gasteiger partial charge in [0.25, 0.3) is 5.91 Å². The molecule has 2 aliphatic rings. The summed E-state index contributed by atoms with van der Waals surface area (Å²) in [4.78, 5) is 24.2. The van der Waals surface area contributed by atoms with Gasteiger partial charge in [-0.15, -0.1) is 0 Å². The summed E-state index contributed by atoms with van der Waals surface area (Å²) in [6, 6.07) is 17.2. The first-order valence-corrected chi connectivity index (χ1v) is 12.6. The molecule has 1 saturated carbocycles. The number of fused-ring (bicyclic) bond motifs is 1. The number of carbonyl (C=O) groups excluding carboxylic acids is 1. The minimum atomic E-state index is -1.13. The van der Waals surface area contributed by atoms with Crippen LogP contribution < -0.4 is 5.73 Å². The minimum Gasteiger partial charge on any atom is -0.382 e. The van der Waals surface area contributed by atoms with E-state index >= 15 is 0 Å². The number of rotatable bonds is 4. The Morgan fingerprint density at radius 3 is 2.51 bits per heavy atom. The van der Waals surface area contributed by atoms with Crippen LogP contribution in [-0.2, 0) is 10.4 Å². The second-order valence-corrected chi connectivity index (χ2v) is 10.4. The van der Waals surface area contributed by atoms with Crippen LogP contribution in [0.3, 0.4) is 0 Å². The molecule has 0 bridgehead atoms. The maximum Gasteiger partial charge on any atom is 0.299 e. The standard InChI is InChI=1S/C30H29N5O2/c1-3-7-24(36)35-19-30(14-15-30)18-23(35)28-33-25(26-27(31)32-16-17-34(26)28)20-10-12-22(13-11-20)29(2,37)21-8-5-4-6-9-21/h4-6,8-13,16-17,23,37H,14-15,18-19H2,1-2H3,(H2,31,32)/t23-,29?/m0/s1. The van der Waals surface area contributed by atoms with E-state index in [-0.39, 0.29) is 17.4 Å². The topological polar surface area (TPSA) is 96.8 Å². The maximum atomic E-state index is 12.9. The molecular formula is C30H29N5O2. The van der Waals surface area contributed by atoms with Gasteiger partial charge in [0.1, 0.15) is 28.5 Å². The normalized spacial score (nSPS) is 19.4. The van der Waals surface area contributed by atoms with E-state index in [0.29, 0.717) is 23.6 Å². The van der Waals surface area contributed by atoms with Gasteiger partial charge in [-0.1, -0.05) is 60.5 Å². The molecule has 1 saturated heterocycles. The third-order valence-electron chi connectivity index (χ3n) is 7.92. The Bertz CT molecular complexity index is 1560. The lowest BCUT2D eigenvalue weighted by Gasteiger charge is -2.24. The Morgan fingerprint density at radius 2 is 1.84 bits per heavy atom. The summed E-state index contributed by atoms with van der Waals surface area (Å²) in [5.74, 6) is 6.46. The summed E-state index contributed by atoms with van der Waals surface area (Å²) in [7, 11) is 0. The van der Waals surface area contributed by atoms with E-state index in [1.54, 1.807) is 20.0 Å². The average molecular weight is 492 g/mol. The molecule has 4 aromatic rings. The predicted molar refractivity (Wildman–Crippen MR) is 142 cm³/mol. The van der Waals surface area contributed by atoms with Gasteiger partial charge in [-0.25, -0.2) is 9.97 Å². The van der Waals surface area contributed by atoms with Crippen molar-refractivity contribution in [3.63, 3.8) is 0 Å². The quantitative estimate of drug-likeness (QED) is 0.415. The summed E-state index contributed by atoms with van der Waals surface area (Å²) >= 11 is 0. The molecule has 2 fully saturated rings. The highest BCUT2D eigenvalue weighted by molar-refractivity contribution is 5.94. The number of aliphatic hydroxyl groups is 1. The molecule has 0 radical (unpaired) electrons. The molecule has 1 aliphatic heterocycles. The Labute approximate surface area is 216 Å². The van der Waals surface area contributed by atoms with Crippen LogP contribution in [0.2, 0.25) is 0 Å². The van der Waals surface area contributed by atoms with E-state index < -0.39 is 5.60 Å². The Morgan fingerprint density at radius 1 is 1.14 bits per heavy atom. The van der Waals surface area contributed by atoms with Crippen molar-refractivity contribution in [3.05, 3.63) is 83.9 Å². The zero-order valence-electron chi connectivity index (χ0n) is 21.0. The van der Waals surface area contributed by atoms with Gasteiger partial charge in [0, 0.05) is 24.5 Å². The van der Waals surface area contributed by atoms with Crippen molar-refractivity contribution in [2.75, 3.05) is 12.3 Å². The number of nitrogens with two attached hydrogens (primary N) is 1. The number of anilines is 1. The minimum absolute atomic E-state index is 0.163. The Hall–Kier alpha value is -4.15. The molecule has 1 spiro atoms. The van der Waals surface area contributed by atoms with Gasteiger partial charge in [-0.05, 0) is 55.6 Å². The molecule has 6 rings (SSSR count). The number of benzene rings is 2. The first-order valence-electron chi connectivity index (χ1n) is 12.6. The Balaban J connectivity index is 1.43. The molecule has 2 aromatic carbocycles. The van der Waals surface area contributed by atoms with Crippen LogP contribution in [0.5, 0.6) is 0 Å². The third kappa shape index (κ3) is 3.85. The van der Waals surface area contributed by atoms with E-state index in [0.717, 1.165) is 41.8 Å². The number of carbonyl (C=O) groups is 1. The maximum absolute atomic E-state index is 12.9. The van der Waals surface area contributed by atoms with Crippen LogP contribution >= 0.6 is 0 Å². The molecule has 7 nitrogen and oxygen atoms in total. The van der Waals surface area contributed by atoms with Crippen molar-refractivity contribution in [2.24, 2.45) is 5.41 Å². The molecule has 3 N–H and O–H groups in total.